The summed E-state index contributed by atoms with van der Waals surface area (Å²) < 4.78 is 19.0. The Morgan fingerprint density at radius 2 is 2.11 bits per heavy atom. The molecule has 0 aromatic heterocycles. The largest absolute Gasteiger partial charge is 0.487 e. The minimum absolute atomic E-state index is 0.207. The third-order valence-electron chi connectivity index (χ3n) is 3.41. The molecule has 1 aliphatic rings. The number of aliphatic hydroxyl groups is 1. The maximum absolute atomic E-state index is 13.2. The van der Waals surface area contributed by atoms with E-state index in [4.69, 9.17) is 10.5 Å². The second-order valence-corrected chi connectivity index (χ2v) is 4.98. The van der Waals surface area contributed by atoms with Crippen LogP contribution in [0.3, 0.4) is 0 Å². The van der Waals surface area contributed by atoms with Crippen molar-refractivity contribution in [3.63, 3.8) is 0 Å². The predicted octanol–water partition coefficient (Wildman–Crippen LogP) is 2.53. The zero-order chi connectivity index (χ0) is 13.1. The molecule has 1 fully saturated rings. The molecule has 0 spiro atoms. The quantitative estimate of drug-likeness (QED) is 0.870. The summed E-state index contributed by atoms with van der Waals surface area (Å²) in [7, 11) is 0. The van der Waals surface area contributed by atoms with Gasteiger partial charge in [0, 0.05) is 11.6 Å². The van der Waals surface area contributed by atoms with E-state index in [2.05, 4.69) is 0 Å². The van der Waals surface area contributed by atoms with Gasteiger partial charge >= 0.3 is 0 Å². The van der Waals surface area contributed by atoms with E-state index in [0.717, 1.165) is 25.7 Å². The van der Waals surface area contributed by atoms with E-state index in [1.54, 1.807) is 13.0 Å². The lowest BCUT2D eigenvalue weighted by molar-refractivity contribution is 0.00623. The Balaban J connectivity index is 2.17. The molecule has 0 amide bonds. The zero-order valence-corrected chi connectivity index (χ0v) is 10.6. The van der Waals surface area contributed by atoms with Gasteiger partial charge in [0.05, 0.1) is 6.10 Å². The molecule has 0 radical (unpaired) electrons. The van der Waals surface area contributed by atoms with Crippen molar-refractivity contribution in [3.05, 3.63) is 29.6 Å². The van der Waals surface area contributed by atoms with Crippen LogP contribution in [-0.4, -0.2) is 17.3 Å². The molecule has 1 aromatic rings. The summed E-state index contributed by atoms with van der Waals surface area (Å²) in [6.07, 6.45) is 3.03. The van der Waals surface area contributed by atoms with E-state index in [1.807, 2.05) is 0 Å². The molecule has 3 atom stereocenters. The standard InChI is InChI=1S/C14H20FNO2/c1-9(16)11-8-10(15)6-7-13(11)18-14-5-3-2-4-12(14)17/h6-9,12,14,17H,2-5,16H2,1H3. The van der Waals surface area contributed by atoms with Gasteiger partial charge in [0.1, 0.15) is 17.7 Å². The van der Waals surface area contributed by atoms with Crippen LogP contribution >= 0.6 is 0 Å². The van der Waals surface area contributed by atoms with E-state index < -0.39 is 6.10 Å². The monoisotopic (exact) mass is 253 g/mol. The summed E-state index contributed by atoms with van der Waals surface area (Å²) >= 11 is 0. The van der Waals surface area contributed by atoms with Crippen LogP contribution in [0.25, 0.3) is 0 Å². The number of hydrogen-bond acceptors (Lipinski definition) is 3. The van der Waals surface area contributed by atoms with Crippen LogP contribution in [0.4, 0.5) is 4.39 Å². The number of hydrogen-bond donors (Lipinski definition) is 2. The summed E-state index contributed by atoms with van der Waals surface area (Å²) in [6, 6.07) is 4.05. The zero-order valence-electron chi connectivity index (χ0n) is 10.6. The highest BCUT2D eigenvalue weighted by Crippen LogP contribution is 2.29. The van der Waals surface area contributed by atoms with Crippen LogP contribution in [-0.2, 0) is 0 Å². The van der Waals surface area contributed by atoms with Crippen molar-refractivity contribution in [3.8, 4) is 5.75 Å². The first-order chi connectivity index (χ1) is 8.58. The van der Waals surface area contributed by atoms with Crippen LogP contribution < -0.4 is 10.5 Å². The van der Waals surface area contributed by atoms with Gasteiger partial charge in [-0.25, -0.2) is 4.39 Å². The van der Waals surface area contributed by atoms with Crippen LogP contribution in [0.1, 0.15) is 44.2 Å². The molecule has 3 N–H and O–H groups in total. The van der Waals surface area contributed by atoms with Gasteiger partial charge in [-0.1, -0.05) is 6.42 Å². The average molecular weight is 253 g/mol. The number of nitrogens with two attached hydrogens (primary N) is 1. The third-order valence-corrected chi connectivity index (χ3v) is 3.41. The second kappa shape index (κ2) is 5.67. The van der Waals surface area contributed by atoms with Crippen molar-refractivity contribution < 1.29 is 14.2 Å². The summed E-state index contributed by atoms with van der Waals surface area (Å²) in [4.78, 5) is 0. The van der Waals surface area contributed by atoms with E-state index in [9.17, 15) is 9.50 Å². The Hall–Kier alpha value is -1.13. The van der Waals surface area contributed by atoms with E-state index in [-0.39, 0.29) is 18.0 Å². The van der Waals surface area contributed by atoms with Crippen molar-refractivity contribution in [1.82, 2.24) is 0 Å². The Kier molecular flexibility index (Phi) is 4.19. The van der Waals surface area contributed by atoms with Crippen LogP contribution in [0, 0.1) is 5.82 Å². The molecule has 2 rings (SSSR count). The van der Waals surface area contributed by atoms with Gasteiger partial charge in [-0.15, -0.1) is 0 Å². The molecular weight excluding hydrogens is 233 g/mol. The van der Waals surface area contributed by atoms with Crippen molar-refractivity contribution in [2.75, 3.05) is 0 Å². The SMILES string of the molecule is CC(N)c1cc(F)ccc1OC1CCCCC1O. The smallest absolute Gasteiger partial charge is 0.124 e. The highest BCUT2D eigenvalue weighted by atomic mass is 19.1. The molecule has 0 bridgehead atoms. The van der Waals surface area contributed by atoms with Crippen LogP contribution in [0.15, 0.2) is 18.2 Å². The molecule has 3 nitrogen and oxygen atoms in total. The van der Waals surface area contributed by atoms with Crippen molar-refractivity contribution in [2.45, 2.75) is 50.9 Å². The normalized spacial score (nSPS) is 25.8. The first kappa shape index (κ1) is 13.3. The summed E-state index contributed by atoms with van der Waals surface area (Å²) in [6.45, 7) is 1.79. The molecule has 18 heavy (non-hydrogen) atoms. The van der Waals surface area contributed by atoms with E-state index in [0.29, 0.717) is 11.3 Å². The Morgan fingerprint density at radius 1 is 1.39 bits per heavy atom. The topological polar surface area (TPSA) is 55.5 Å². The van der Waals surface area contributed by atoms with Gasteiger partial charge in [0.25, 0.3) is 0 Å². The molecule has 1 aromatic carbocycles. The highest BCUT2D eigenvalue weighted by molar-refractivity contribution is 5.36. The second-order valence-electron chi connectivity index (χ2n) is 4.98. The molecule has 0 heterocycles. The number of aliphatic hydroxyl groups excluding tert-OH is 1. The Labute approximate surface area is 107 Å². The lowest BCUT2D eigenvalue weighted by Gasteiger charge is -2.29. The van der Waals surface area contributed by atoms with Gasteiger partial charge in [-0.3, -0.25) is 0 Å². The minimum Gasteiger partial charge on any atom is -0.487 e. The number of halogens is 1. The maximum atomic E-state index is 13.2. The van der Waals surface area contributed by atoms with Gasteiger partial charge in [-0.2, -0.15) is 0 Å². The molecule has 100 valence electrons. The molecule has 1 saturated carbocycles. The van der Waals surface area contributed by atoms with E-state index in [1.165, 1.54) is 12.1 Å². The lowest BCUT2D eigenvalue weighted by atomic mass is 9.94. The van der Waals surface area contributed by atoms with Gasteiger partial charge < -0.3 is 15.6 Å². The third kappa shape index (κ3) is 3.00. The Bertz CT molecular complexity index is 409. The van der Waals surface area contributed by atoms with Crippen LogP contribution in [0.5, 0.6) is 5.75 Å². The average Bonchev–Trinajstić information content (AvgIpc) is 2.34. The molecule has 0 aliphatic heterocycles. The molecule has 0 saturated heterocycles. The summed E-state index contributed by atoms with van der Waals surface area (Å²) in [5.41, 5.74) is 6.46. The number of ether oxygens (including phenoxy) is 1. The lowest BCUT2D eigenvalue weighted by Crippen LogP contribution is -2.35. The first-order valence-corrected chi connectivity index (χ1v) is 6.47. The molecule has 4 heteroatoms. The van der Waals surface area contributed by atoms with Gasteiger partial charge in [0.2, 0.25) is 0 Å². The highest BCUT2D eigenvalue weighted by Gasteiger charge is 2.25. The molecular formula is C14H20FNO2. The summed E-state index contributed by atoms with van der Waals surface area (Å²) in [5, 5.41) is 9.88. The summed E-state index contributed by atoms with van der Waals surface area (Å²) in [5.74, 6) is 0.260. The predicted molar refractivity (Wildman–Crippen MR) is 67.9 cm³/mol. The fraction of sp³-hybridized carbons (Fsp3) is 0.571. The fourth-order valence-electron chi connectivity index (χ4n) is 2.36. The van der Waals surface area contributed by atoms with Gasteiger partial charge in [0.15, 0.2) is 0 Å². The number of rotatable bonds is 3. The fourth-order valence-corrected chi connectivity index (χ4v) is 2.36. The van der Waals surface area contributed by atoms with Crippen molar-refractivity contribution in [2.24, 2.45) is 5.73 Å². The van der Waals surface area contributed by atoms with E-state index >= 15 is 0 Å². The number of benzene rings is 1. The Morgan fingerprint density at radius 3 is 2.78 bits per heavy atom. The molecule has 1 aliphatic carbocycles. The van der Waals surface area contributed by atoms with Gasteiger partial charge in [-0.05, 0) is 44.4 Å². The maximum Gasteiger partial charge on any atom is 0.124 e. The first-order valence-electron chi connectivity index (χ1n) is 6.47. The van der Waals surface area contributed by atoms with Crippen molar-refractivity contribution >= 4 is 0 Å². The van der Waals surface area contributed by atoms with Crippen molar-refractivity contribution in [1.29, 1.82) is 0 Å². The van der Waals surface area contributed by atoms with Crippen LogP contribution in [0.2, 0.25) is 0 Å². The minimum atomic E-state index is -0.440. The molecule has 3 unspecified atom stereocenters.